The van der Waals surface area contributed by atoms with E-state index in [1.165, 1.54) is 32.2 Å². The Labute approximate surface area is 186 Å². The molecule has 4 rings (SSSR count). The predicted octanol–water partition coefficient (Wildman–Crippen LogP) is 0.792. The number of hydrogen-bond acceptors (Lipinski definition) is 11. The van der Waals surface area contributed by atoms with Crippen molar-refractivity contribution in [1.82, 2.24) is 0 Å². The summed E-state index contributed by atoms with van der Waals surface area (Å²) in [5, 5.41) is 60.0. The molecular formula is C22H22O11. The topological polar surface area (TPSA) is 179 Å². The molecule has 1 aliphatic heterocycles. The molecule has 0 amide bonds. The van der Waals surface area contributed by atoms with Gasteiger partial charge in [0.05, 0.1) is 13.2 Å². The summed E-state index contributed by atoms with van der Waals surface area (Å²) in [6, 6.07) is 6.11. The van der Waals surface area contributed by atoms with E-state index in [4.69, 9.17) is 18.6 Å². The second kappa shape index (κ2) is 8.45. The number of methoxy groups -OCH3 is 1. The summed E-state index contributed by atoms with van der Waals surface area (Å²) >= 11 is 0. The van der Waals surface area contributed by atoms with Gasteiger partial charge in [0.1, 0.15) is 40.8 Å². The Morgan fingerprint density at radius 3 is 2.36 bits per heavy atom. The number of benzene rings is 2. The van der Waals surface area contributed by atoms with Crippen LogP contribution >= 0.6 is 0 Å². The van der Waals surface area contributed by atoms with E-state index in [2.05, 4.69) is 0 Å². The molecule has 1 aromatic heterocycles. The van der Waals surface area contributed by atoms with E-state index in [-0.39, 0.29) is 39.5 Å². The molecule has 176 valence electrons. The molecule has 0 aliphatic carbocycles. The fraction of sp³-hybridized carbons (Fsp3) is 0.318. The molecule has 6 N–H and O–H groups in total. The standard InChI is InChI=1S/C22H22O11/c1-8-16(26)18(28)19(29)22(31-8)33-21-17(27)15-12(25)6-10(23)7-14(15)32-20(21)9-3-4-11(24)13(5-9)30-2/h3-8,16,18-19,22-26,28-29H,1-2H3/t8-,16-,18-,19-,22+/m1/s1. The number of fused-ring (bicyclic) bond motifs is 1. The maximum Gasteiger partial charge on any atom is 0.239 e. The first kappa shape index (κ1) is 22.7. The van der Waals surface area contributed by atoms with Crippen molar-refractivity contribution in [2.75, 3.05) is 7.11 Å². The molecule has 5 atom stereocenters. The number of aliphatic hydroxyl groups is 3. The van der Waals surface area contributed by atoms with Crippen LogP contribution < -0.4 is 14.9 Å². The minimum Gasteiger partial charge on any atom is -0.508 e. The summed E-state index contributed by atoms with van der Waals surface area (Å²) in [6.45, 7) is 1.44. The van der Waals surface area contributed by atoms with Crippen LogP contribution in [0.2, 0.25) is 0 Å². The lowest BCUT2D eigenvalue weighted by Crippen LogP contribution is -2.58. The first-order valence-corrected chi connectivity index (χ1v) is 9.88. The summed E-state index contributed by atoms with van der Waals surface area (Å²) in [5.41, 5.74) is -0.818. The van der Waals surface area contributed by atoms with E-state index in [9.17, 15) is 35.4 Å². The summed E-state index contributed by atoms with van der Waals surface area (Å²) in [4.78, 5) is 13.3. The molecule has 2 aromatic carbocycles. The van der Waals surface area contributed by atoms with Crippen molar-refractivity contribution in [3.63, 3.8) is 0 Å². The predicted molar refractivity (Wildman–Crippen MR) is 112 cm³/mol. The second-order valence-electron chi connectivity index (χ2n) is 7.61. The monoisotopic (exact) mass is 462 g/mol. The molecule has 1 saturated heterocycles. The largest absolute Gasteiger partial charge is 0.508 e. The van der Waals surface area contributed by atoms with Crippen LogP contribution in [0, 0.1) is 0 Å². The van der Waals surface area contributed by atoms with Gasteiger partial charge in [-0.15, -0.1) is 0 Å². The fourth-order valence-corrected chi connectivity index (χ4v) is 3.61. The van der Waals surface area contributed by atoms with Gasteiger partial charge in [-0.2, -0.15) is 0 Å². The molecule has 11 nitrogen and oxygen atoms in total. The van der Waals surface area contributed by atoms with Crippen molar-refractivity contribution in [2.24, 2.45) is 0 Å². The molecule has 33 heavy (non-hydrogen) atoms. The molecule has 0 spiro atoms. The molecule has 0 radical (unpaired) electrons. The highest BCUT2D eigenvalue weighted by molar-refractivity contribution is 5.88. The van der Waals surface area contributed by atoms with Gasteiger partial charge in [0.2, 0.25) is 17.5 Å². The van der Waals surface area contributed by atoms with Crippen LogP contribution in [0.15, 0.2) is 39.5 Å². The van der Waals surface area contributed by atoms with Gasteiger partial charge in [0.15, 0.2) is 17.3 Å². The van der Waals surface area contributed by atoms with Crippen molar-refractivity contribution in [2.45, 2.75) is 37.6 Å². The zero-order chi connectivity index (χ0) is 24.0. The van der Waals surface area contributed by atoms with Crippen molar-refractivity contribution in [1.29, 1.82) is 0 Å². The van der Waals surface area contributed by atoms with E-state index < -0.39 is 47.6 Å². The SMILES string of the molecule is COc1cc(-c2oc3cc(O)cc(O)c3c(=O)c2O[C@@H]2O[C@H](C)[C@@H](O)[C@@H](O)[C@H]2O)ccc1O. The molecule has 0 bridgehead atoms. The molecule has 3 aromatic rings. The van der Waals surface area contributed by atoms with Crippen LogP contribution in [-0.4, -0.2) is 68.5 Å². The minimum absolute atomic E-state index is 0.0565. The van der Waals surface area contributed by atoms with Crippen LogP contribution in [0.4, 0.5) is 0 Å². The zero-order valence-corrected chi connectivity index (χ0v) is 17.5. The van der Waals surface area contributed by atoms with Gasteiger partial charge in [-0.1, -0.05) is 0 Å². The molecule has 2 heterocycles. The highest BCUT2D eigenvalue weighted by Crippen LogP contribution is 2.39. The molecule has 1 fully saturated rings. The van der Waals surface area contributed by atoms with Crippen LogP contribution in [-0.2, 0) is 4.74 Å². The Morgan fingerprint density at radius 1 is 0.939 bits per heavy atom. The number of phenolic OH excluding ortho intramolecular Hbond substituents is 3. The minimum atomic E-state index is -1.72. The van der Waals surface area contributed by atoms with Crippen LogP contribution in [0.3, 0.4) is 0 Å². The quantitative estimate of drug-likeness (QED) is 0.323. The van der Waals surface area contributed by atoms with Gasteiger partial charge < -0.3 is 49.3 Å². The highest BCUT2D eigenvalue weighted by atomic mass is 16.7. The van der Waals surface area contributed by atoms with Gasteiger partial charge in [0.25, 0.3) is 0 Å². The maximum atomic E-state index is 13.3. The Balaban J connectivity index is 1.93. The highest BCUT2D eigenvalue weighted by Gasteiger charge is 2.44. The summed E-state index contributed by atoms with van der Waals surface area (Å²) < 4.78 is 21.9. The summed E-state index contributed by atoms with van der Waals surface area (Å²) in [7, 11) is 1.32. The Bertz CT molecular complexity index is 1250. The van der Waals surface area contributed by atoms with Crippen molar-refractivity contribution >= 4 is 11.0 Å². The zero-order valence-electron chi connectivity index (χ0n) is 17.5. The lowest BCUT2D eigenvalue weighted by Gasteiger charge is -2.38. The fourth-order valence-electron chi connectivity index (χ4n) is 3.61. The van der Waals surface area contributed by atoms with Gasteiger partial charge >= 0.3 is 0 Å². The summed E-state index contributed by atoms with van der Waals surface area (Å²) in [5.74, 6) is -1.74. The number of aliphatic hydroxyl groups excluding tert-OH is 3. The molecule has 0 saturated carbocycles. The lowest BCUT2D eigenvalue weighted by atomic mass is 10.00. The number of phenols is 3. The average molecular weight is 462 g/mol. The molecular weight excluding hydrogens is 440 g/mol. The van der Waals surface area contributed by atoms with Gasteiger partial charge in [0, 0.05) is 17.7 Å². The number of rotatable bonds is 4. The molecule has 11 heteroatoms. The third-order valence-corrected chi connectivity index (χ3v) is 5.40. The lowest BCUT2D eigenvalue weighted by molar-refractivity contribution is -0.268. The van der Waals surface area contributed by atoms with Crippen LogP contribution in [0.5, 0.6) is 28.7 Å². The normalized spacial score (nSPS) is 25.2. The summed E-state index contributed by atoms with van der Waals surface area (Å²) in [6.07, 6.45) is -7.24. The van der Waals surface area contributed by atoms with Gasteiger partial charge in [-0.25, -0.2) is 0 Å². The smallest absolute Gasteiger partial charge is 0.239 e. The number of aromatic hydroxyl groups is 3. The first-order chi connectivity index (χ1) is 15.6. The Hall–Kier alpha value is -3.51. The van der Waals surface area contributed by atoms with E-state index in [1.54, 1.807) is 0 Å². The van der Waals surface area contributed by atoms with Crippen molar-refractivity contribution in [3.8, 4) is 40.1 Å². The maximum absolute atomic E-state index is 13.3. The third kappa shape index (κ3) is 3.91. The van der Waals surface area contributed by atoms with E-state index in [0.29, 0.717) is 0 Å². The third-order valence-electron chi connectivity index (χ3n) is 5.40. The molecule has 1 aliphatic rings. The second-order valence-corrected chi connectivity index (χ2v) is 7.61. The average Bonchev–Trinajstić information content (AvgIpc) is 2.77. The van der Waals surface area contributed by atoms with Gasteiger partial charge in [-0.3, -0.25) is 4.79 Å². The van der Waals surface area contributed by atoms with E-state index >= 15 is 0 Å². The van der Waals surface area contributed by atoms with Crippen LogP contribution in [0.25, 0.3) is 22.3 Å². The number of ether oxygens (including phenoxy) is 3. The Morgan fingerprint density at radius 2 is 1.67 bits per heavy atom. The first-order valence-electron chi connectivity index (χ1n) is 9.88. The van der Waals surface area contributed by atoms with E-state index in [0.717, 1.165) is 12.1 Å². The van der Waals surface area contributed by atoms with Crippen molar-refractivity contribution < 1.29 is 49.3 Å². The van der Waals surface area contributed by atoms with E-state index in [1.807, 2.05) is 0 Å². The number of hydrogen-bond donors (Lipinski definition) is 6. The van der Waals surface area contributed by atoms with Gasteiger partial charge in [-0.05, 0) is 25.1 Å². The molecule has 0 unspecified atom stereocenters. The van der Waals surface area contributed by atoms with Crippen molar-refractivity contribution in [3.05, 3.63) is 40.6 Å². The van der Waals surface area contributed by atoms with Crippen LogP contribution in [0.1, 0.15) is 6.92 Å². The Kier molecular flexibility index (Phi) is 5.80.